The molecule has 150 valence electrons. The number of alkyl halides is 3. The second-order valence-corrected chi connectivity index (χ2v) is 8.51. The number of hydrogen-bond donors (Lipinski definition) is 1. The van der Waals surface area contributed by atoms with Crippen molar-refractivity contribution in [3.8, 4) is 0 Å². The number of nitrogens with zero attached hydrogens (tertiary/aromatic N) is 2. The molecule has 1 aromatic carbocycles. The molecule has 0 radical (unpaired) electrons. The maximum absolute atomic E-state index is 12.5. The Balaban J connectivity index is 1.61. The fraction of sp³-hybridized carbons (Fsp3) is 0.562. The number of rotatable bonds is 5. The van der Waals surface area contributed by atoms with Gasteiger partial charge in [-0.2, -0.15) is 13.2 Å². The van der Waals surface area contributed by atoms with Gasteiger partial charge in [0, 0.05) is 13.6 Å². The van der Waals surface area contributed by atoms with Gasteiger partial charge in [-0.15, -0.1) is 0 Å². The van der Waals surface area contributed by atoms with Crippen molar-refractivity contribution in [2.75, 3.05) is 26.2 Å². The molecule has 0 atom stereocenters. The molecule has 1 fully saturated rings. The van der Waals surface area contributed by atoms with Crippen molar-refractivity contribution in [3.63, 3.8) is 0 Å². The summed E-state index contributed by atoms with van der Waals surface area (Å²) in [5.74, 6) is -0.607. The lowest BCUT2D eigenvalue weighted by molar-refractivity contribution is -0.148. The fourth-order valence-corrected chi connectivity index (χ4v) is 4.32. The van der Waals surface area contributed by atoms with Gasteiger partial charge in [0.15, 0.2) is 5.58 Å². The zero-order chi connectivity index (χ0) is 19.8. The topological polar surface area (TPSA) is 84.5 Å². The van der Waals surface area contributed by atoms with Crippen LogP contribution in [0.25, 0.3) is 11.1 Å². The van der Waals surface area contributed by atoms with Crippen molar-refractivity contribution in [3.05, 3.63) is 28.7 Å². The van der Waals surface area contributed by atoms with Gasteiger partial charge in [0.25, 0.3) is 0 Å². The van der Waals surface area contributed by atoms with Gasteiger partial charge in [0.2, 0.25) is 10.0 Å². The molecule has 0 amide bonds. The Labute approximate surface area is 153 Å². The first-order chi connectivity index (χ1) is 12.5. The maximum atomic E-state index is 12.5. The molecule has 11 heteroatoms. The monoisotopic (exact) mass is 407 g/mol. The number of fused-ring (bicyclic) bond motifs is 1. The number of oxazole rings is 1. The van der Waals surface area contributed by atoms with Crippen molar-refractivity contribution in [2.45, 2.75) is 23.9 Å². The highest BCUT2D eigenvalue weighted by Gasteiger charge is 2.32. The quantitative estimate of drug-likeness (QED) is 0.815. The van der Waals surface area contributed by atoms with Crippen LogP contribution < -0.4 is 10.5 Å². The number of halogens is 3. The van der Waals surface area contributed by atoms with E-state index < -0.39 is 28.5 Å². The van der Waals surface area contributed by atoms with Crippen molar-refractivity contribution in [2.24, 2.45) is 13.0 Å². The van der Waals surface area contributed by atoms with Crippen LogP contribution in [0.5, 0.6) is 0 Å². The first-order valence-electron chi connectivity index (χ1n) is 8.43. The van der Waals surface area contributed by atoms with Gasteiger partial charge < -0.3 is 4.42 Å². The molecule has 0 bridgehead atoms. The molecule has 1 aliphatic rings. The highest BCUT2D eigenvalue weighted by molar-refractivity contribution is 7.89. The number of aromatic nitrogens is 1. The average Bonchev–Trinajstić information content (AvgIpc) is 2.87. The number of aryl methyl sites for hydroxylation is 1. The SMILES string of the molecule is Cn1c(=O)oc2ccc(S(=O)(=O)NCC3CCN(CC(F)(F)F)CC3)cc21. The van der Waals surface area contributed by atoms with Crippen molar-refractivity contribution in [1.29, 1.82) is 0 Å². The van der Waals surface area contributed by atoms with Gasteiger partial charge in [-0.3, -0.25) is 9.47 Å². The molecule has 0 aliphatic carbocycles. The van der Waals surface area contributed by atoms with Crippen LogP contribution in [0, 0.1) is 5.92 Å². The van der Waals surface area contributed by atoms with Crippen LogP contribution in [0.4, 0.5) is 13.2 Å². The predicted octanol–water partition coefficient (Wildman–Crippen LogP) is 1.68. The lowest BCUT2D eigenvalue weighted by atomic mass is 9.97. The highest BCUT2D eigenvalue weighted by atomic mass is 32.2. The van der Waals surface area contributed by atoms with Crippen LogP contribution in [-0.4, -0.2) is 50.2 Å². The predicted molar refractivity (Wildman–Crippen MR) is 91.9 cm³/mol. The summed E-state index contributed by atoms with van der Waals surface area (Å²) in [5, 5.41) is 0. The molecule has 0 unspecified atom stereocenters. The van der Waals surface area contributed by atoms with Crippen LogP contribution >= 0.6 is 0 Å². The van der Waals surface area contributed by atoms with E-state index in [4.69, 9.17) is 4.42 Å². The summed E-state index contributed by atoms with van der Waals surface area (Å²) in [6, 6.07) is 4.12. The number of nitrogens with one attached hydrogen (secondary N) is 1. The summed E-state index contributed by atoms with van der Waals surface area (Å²) in [4.78, 5) is 12.8. The lowest BCUT2D eigenvalue weighted by Gasteiger charge is -2.32. The minimum Gasteiger partial charge on any atom is -0.408 e. The van der Waals surface area contributed by atoms with Crippen LogP contribution in [0.3, 0.4) is 0 Å². The normalized spacial score (nSPS) is 17.6. The molecule has 2 aromatic rings. The summed E-state index contributed by atoms with van der Waals surface area (Å²) in [6.45, 7) is -0.205. The van der Waals surface area contributed by atoms with Crippen LogP contribution in [0.15, 0.2) is 32.3 Å². The van der Waals surface area contributed by atoms with E-state index in [1.165, 1.54) is 34.7 Å². The maximum Gasteiger partial charge on any atom is 0.419 e. The first kappa shape index (κ1) is 19.9. The summed E-state index contributed by atoms with van der Waals surface area (Å²) < 4.78 is 70.9. The molecule has 1 saturated heterocycles. The molecule has 1 aliphatic heterocycles. The second kappa shape index (κ2) is 7.28. The molecule has 27 heavy (non-hydrogen) atoms. The van der Waals surface area contributed by atoms with Crippen molar-refractivity contribution >= 4 is 21.1 Å². The summed E-state index contributed by atoms with van der Waals surface area (Å²) in [6.07, 6.45) is -3.23. The Morgan fingerprint density at radius 1 is 1.26 bits per heavy atom. The third-order valence-electron chi connectivity index (χ3n) is 4.75. The number of sulfonamides is 1. The third-order valence-corrected chi connectivity index (χ3v) is 6.17. The van der Waals surface area contributed by atoms with E-state index in [1.54, 1.807) is 0 Å². The van der Waals surface area contributed by atoms with E-state index in [0.717, 1.165) is 0 Å². The van der Waals surface area contributed by atoms with Gasteiger partial charge in [0.1, 0.15) is 0 Å². The standard InChI is InChI=1S/C16H20F3N3O4S/c1-21-13-8-12(2-3-14(13)26-15(21)23)27(24,25)20-9-11-4-6-22(7-5-11)10-16(17,18)19/h2-3,8,11,20H,4-7,9-10H2,1H3. The Morgan fingerprint density at radius 3 is 2.56 bits per heavy atom. The van der Waals surface area contributed by atoms with Gasteiger partial charge in [-0.1, -0.05) is 0 Å². The number of benzene rings is 1. The number of piperidine rings is 1. The van der Waals surface area contributed by atoms with Gasteiger partial charge >= 0.3 is 11.9 Å². The van der Waals surface area contributed by atoms with Gasteiger partial charge in [-0.25, -0.2) is 17.9 Å². The van der Waals surface area contributed by atoms with E-state index in [2.05, 4.69) is 4.72 Å². The van der Waals surface area contributed by atoms with Crippen LogP contribution in [0.2, 0.25) is 0 Å². The first-order valence-corrected chi connectivity index (χ1v) is 9.92. The van der Waals surface area contributed by atoms with Crippen LogP contribution in [0.1, 0.15) is 12.8 Å². The average molecular weight is 407 g/mol. The number of hydrogen-bond acceptors (Lipinski definition) is 5. The van der Waals surface area contributed by atoms with Crippen LogP contribution in [-0.2, 0) is 17.1 Å². The van der Waals surface area contributed by atoms with Gasteiger partial charge in [0.05, 0.1) is 17.0 Å². The van der Waals surface area contributed by atoms with E-state index in [0.29, 0.717) is 23.9 Å². The largest absolute Gasteiger partial charge is 0.419 e. The Kier molecular flexibility index (Phi) is 5.37. The third kappa shape index (κ3) is 4.71. The van der Waals surface area contributed by atoms with E-state index in [1.807, 2.05) is 0 Å². The molecule has 0 spiro atoms. The second-order valence-electron chi connectivity index (χ2n) is 6.74. The number of likely N-dealkylation sites (tertiary alicyclic amines) is 1. The minimum atomic E-state index is -4.22. The zero-order valence-corrected chi connectivity index (χ0v) is 15.4. The Morgan fingerprint density at radius 2 is 1.93 bits per heavy atom. The molecule has 0 saturated carbocycles. The molecule has 7 nitrogen and oxygen atoms in total. The Hall–Kier alpha value is -1.85. The zero-order valence-electron chi connectivity index (χ0n) is 14.6. The lowest BCUT2D eigenvalue weighted by Crippen LogP contribution is -2.42. The molecule has 2 heterocycles. The molecule has 1 N–H and O–H groups in total. The summed E-state index contributed by atoms with van der Waals surface area (Å²) in [5.41, 5.74) is 0.654. The highest BCUT2D eigenvalue weighted by Crippen LogP contribution is 2.23. The fourth-order valence-electron chi connectivity index (χ4n) is 3.19. The van der Waals surface area contributed by atoms with E-state index in [-0.39, 0.29) is 30.4 Å². The van der Waals surface area contributed by atoms with Crippen molar-refractivity contribution < 1.29 is 26.0 Å². The summed E-state index contributed by atoms with van der Waals surface area (Å²) >= 11 is 0. The molecular weight excluding hydrogens is 387 g/mol. The smallest absolute Gasteiger partial charge is 0.408 e. The summed E-state index contributed by atoms with van der Waals surface area (Å²) in [7, 11) is -2.32. The van der Waals surface area contributed by atoms with E-state index in [9.17, 15) is 26.4 Å². The molecular formula is C16H20F3N3O4S. The Bertz CT molecular complexity index is 973. The van der Waals surface area contributed by atoms with Gasteiger partial charge in [-0.05, 0) is 50.0 Å². The molecule has 3 rings (SSSR count). The van der Waals surface area contributed by atoms with E-state index >= 15 is 0 Å². The molecule has 1 aromatic heterocycles. The van der Waals surface area contributed by atoms with Crippen molar-refractivity contribution in [1.82, 2.24) is 14.2 Å². The minimum absolute atomic E-state index is 0.000840.